The van der Waals surface area contributed by atoms with Gasteiger partial charge in [-0.25, -0.2) is 4.79 Å². The predicted octanol–water partition coefficient (Wildman–Crippen LogP) is 2.00. The molecule has 0 aliphatic rings. The zero-order chi connectivity index (χ0) is 12.2. The van der Waals surface area contributed by atoms with Crippen molar-refractivity contribution in [2.45, 2.75) is 46.7 Å². The van der Waals surface area contributed by atoms with Crippen molar-refractivity contribution in [3.05, 3.63) is 22.9 Å². The molecule has 1 heterocycles. The standard InChI is InChI=1S/C12H19N3O/c1-4-6-14-8-9-15(11(14)16)7-5-12(2,3)10-13/h8-9H,4-7H2,1-3H3. The second-order valence-electron chi connectivity index (χ2n) is 4.71. The monoisotopic (exact) mass is 221 g/mol. The SMILES string of the molecule is CCCn1ccn(CCC(C)(C)C#N)c1=O. The Morgan fingerprint density at radius 2 is 1.88 bits per heavy atom. The fraction of sp³-hybridized carbons (Fsp3) is 0.667. The lowest BCUT2D eigenvalue weighted by atomic mass is 9.91. The molecule has 0 radical (unpaired) electrons. The Morgan fingerprint density at radius 1 is 1.31 bits per heavy atom. The third kappa shape index (κ3) is 2.99. The minimum absolute atomic E-state index is 0.0237. The topological polar surface area (TPSA) is 50.7 Å². The summed E-state index contributed by atoms with van der Waals surface area (Å²) < 4.78 is 3.38. The van der Waals surface area contributed by atoms with Crippen molar-refractivity contribution < 1.29 is 0 Å². The number of rotatable bonds is 5. The lowest BCUT2D eigenvalue weighted by molar-refractivity contribution is 0.407. The number of aromatic nitrogens is 2. The van der Waals surface area contributed by atoms with Gasteiger partial charge in [-0.1, -0.05) is 6.92 Å². The van der Waals surface area contributed by atoms with Gasteiger partial charge in [0.25, 0.3) is 0 Å². The Balaban J connectivity index is 2.70. The highest BCUT2D eigenvalue weighted by molar-refractivity contribution is 4.92. The lowest BCUT2D eigenvalue weighted by Gasteiger charge is -2.14. The second-order valence-corrected chi connectivity index (χ2v) is 4.71. The Morgan fingerprint density at radius 3 is 2.38 bits per heavy atom. The zero-order valence-corrected chi connectivity index (χ0v) is 10.2. The summed E-state index contributed by atoms with van der Waals surface area (Å²) in [7, 11) is 0. The van der Waals surface area contributed by atoms with Crippen LogP contribution < -0.4 is 5.69 Å². The molecule has 0 saturated carbocycles. The minimum Gasteiger partial charge on any atom is -0.299 e. The average Bonchev–Trinajstić information content (AvgIpc) is 2.59. The third-order valence-corrected chi connectivity index (χ3v) is 2.66. The zero-order valence-electron chi connectivity index (χ0n) is 10.2. The van der Waals surface area contributed by atoms with Crippen molar-refractivity contribution in [3.63, 3.8) is 0 Å². The predicted molar refractivity (Wildman–Crippen MR) is 63.0 cm³/mol. The van der Waals surface area contributed by atoms with E-state index in [2.05, 4.69) is 6.07 Å². The van der Waals surface area contributed by atoms with E-state index in [0.717, 1.165) is 13.0 Å². The largest absolute Gasteiger partial charge is 0.328 e. The van der Waals surface area contributed by atoms with Crippen LogP contribution in [0.2, 0.25) is 0 Å². The molecule has 0 unspecified atom stereocenters. The average molecular weight is 221 g/mol. The van der Waals surface area contributed by atoms with E-state index in [4.69, 9.17) is 5.26 Å². The van der Waals surface area contributed by atoms with Crippen LogP contribution in [-0.4, -0.2) is 9.13 Å². The molecule has 1 aromatic heterocycles. The maximum Gasteiger partial charge on any atom is 0.328 e. The minimum atomic E-state index is -0.369. The maximum absolute atomic E-state index is 11.8. The molecule has 0 saturated heterocycles. The molecule has 0 amide bonds. The summed E-state index contributed by atoms with van der Waals surface area (Å²) in [5.41, 5.74) is -0.345. The van der Waals surface area contributed by atoms with Gasteiger partial charge in [0.15, 0.2) is 0 Å². The van der Waals surface area contributed by atoms with Crippen LogP contribution in [0.4, 0.5) is 0 Å². The summed E-state index contributed by atoms with van der Waals surface area (Å²) in [6.45, 7) is 7.19. The molecule has 4 heteroatoms. The van der Waals surface area contributed by atoms with Crippen molar-refractivity contribution in [3.8, 4) is 6.07 Å². The van der Waals surface area contributed by atoms with Crippen LogP contribution in [0.3, 0.4) is 0 Å². The summed E-state index contributed by atoms with van der Waals surface area (Å²) in [6.07, 6.45) is 5.25. The van der Waals surface area contributed by atoms with Gasteiger partial charge in [-0.2, -0.15) is 5.26 Å². The summed E-state index contributed by atoms with van der Waals surface area (Å²) in [6, 6.07) is 2.24. The first-order valence-corrected chi connectivity index (χ1v) is 5.67. The molecular formula is C12H19N3O. The molecule has 0 aliphatic heterocycles. The van der Waals surface area contributed by atoms with Gasteiger partial charge in [-0.3, -0.25) is 9.13 Å². The Bertz CT molecular complexity index is 434. The normalized spacial score (nSPS) is 11.4. The van der Waals surface area contributed by atoms with Gasteiger partial charge in [0.2, 0.25) is 0 Å². The first-order chi connectivity index (χ1) is 7.50. The first kappa shape index (κ1) is 12.6. The van der Waals surface area contributed by atoms with Crippen molar-refractivity contribution in [1.82, 2.24) is 9.13 Å². The van der Waals surface area contributed by atoms with Crippen LogP contribution >= 0.6 is 0 Å². The van der Waals surface area contributed by atoms with E-state index >= 15 is 0 Å². The van der Waals surface area contributed by atoms with E-state index in [1.165, 1.54) is 0 Å². The van der Waals surface area contributed by atoms with Crippen LogP contribution in [0, 0.1) is 16.7 Å². The molecule has 16 heavy (non-hydrogen) atoms. The van der Waals surface area contributed by atoms with E-state index in [0.29, 0.717) is 13.0 Å². The number of hydrogen-bond donors (Lipinski definition) is 0. The summed E-state index contributed by atoms with van der Waals surface area (Å²) >= 11 is 0. The van der Waals surface area contributed by atoms with E-state index in [-0.39, 0.29) is 11.1 Å². The fourth-order valence-corrected chi connectivity index (χ4v) is 1.49. The Labute approximate surface area is 96.1 Å². The van der Waals surface area contributed by atoms with Gasteiger partial charge in [-0.15, -0.1) is 0 Å². The van der Waals surface area contributed by atoms with E-state index in [1.807, 2.05) is 27.0 Å². The molecule has 0 bridgehead atoms. The molecule has 88 valence electrons. The Kier molecular flexibility index (Phi) is 3.94. The molecule has 0 aromatic carbocycles. The van der Waals surface area contributed by atoms with Crippen molar-refractivity contribution in [1.29, 1.82) is 5.26 Å². The van der Waals surface area contributed by atoms with Crippen LogP contribution in [-0.2, 0) is 13.1 Å². The molecule has 0 N–H and O–H groups in total. The van der Waals surface area contributed by atoms with Crippen molar-refractivity contribution in [2.24, 2.45) is 5.41 Å². The summed E-state index contributed by atoms with van der Waals surface area (Å²) in [4.78, 5) is 11.8. The van der Waals surface area contributed by atoms with Crippen molar-refractivity contribution >= 4 is 0 Å². The van der Waals surface area contributed by atoms with E-state index in [9.17, 15) is 4.79 Å². The van der Waals surface area contributed by atoms with Crippen LogP contribution in [0.15, 0.2) is 17.2 Å². The maximum atomic E-state index is 11.8. The molecule has 0 atom stereocenters. The van der Waals surface area contributed by atoms with E-state index < -0.39 is 0 Å². The molecule has 4 nitrogen and oxygen atoms in total. The molecule has 1 rings (SSSR count). The number of aryl methyl sites for hydroxylation is 2. The number of nitrogens with zero attached hydrogens (tertiary/aromatic N) is 3. The number of hydrogen-bond acceptors (Lipinski definition) is 2. The highest BCUT2D eigenvalue weighted by atomic mass is 16.1. The molecule has 0 fully saturated rings. The lowest BCUT2D eigenvalue weighted by Crippen LogP contribution is -2.25. The number of nitriles is 1. The second kappa shape index (κ2) is 5.02. The van der Waals surface area contributed by atoms with Gasteiger partial charge in [0.05, 0.1) is 11.5 Å². The molecule has 0 aliphatic carbocycles. The fourth-order valence-electron chi connectivity index (χ4n) is 1.49. The van der Waals surface area contributed by atoms with Crippen molar-refractivity contribution in [2.75, 3.05) is 0 Å². The Hall–Kier alpha value is -1.50. The van der Waals surface area contributed by atoms with E-state index in [1.54, 1.807) is 15.3 Å². The number of imidazole rings is 1. The first-order valence-electron chi connectivity index (χ1n) is 5.67. The third-order valence-electron chi connectivity index (χ3n) is 2.66. The quantitative estimate of drug-likeness (QED) is 0.763. The molecule has 0 spiro atoms. The smallest absolute Gasteiger partial charge is 0.299 e. The van der Waals surface area contributed by atoms with Gasteiger partial charge in [0, 0.05) is 25.5 Å². The molecule has 1 aromatic rings. The van der Waals surface area contributed by atoms with Crippen LogP contribution in [0.5, 0.6) is 0 Å². The van der Waals surface area contributed by atoms with Crippen LogP contribution in [0.1, 0.15) is 33.6 Å². The highest BCUT2D eigenvalue weighted by Crippen LogP contribution is 2.18. The van der Waals surface area contributed by atoms with Gasteiger partial charge < -0.3 is 0 Å². The van der Waals surface area contributed by atoms with Crippen LogP contribution in [0.25, 0.3) is 0 Å². The summed E-state index contributed by atoms with van der Waals surface area (Å²) in [5, 5.41) is 8.89. The molecular weight excluding hydrogens is 202 g/mol. The van der Waals surface area contributed by atoms with Gasteiger partial charge >= 0.3 is 5.69 Å². The van der Waals surface area contributed by atoms with Gasteiger partial charge in [0.1, 0.15) is 0 Å². The summed E-state index contributed by atoms with van der Waals surface area (Å²) in [5.74, 6) is 0. The van der Waals surface area contributed by atoms with Gasteiger partial charge in [-0.05, 0) is 26.7 Å². The highest BCUT2D eigenvalue weighted by Gasteiger charge is 2.16.